The van der Waals surface area contributed by atoms with Crippen LogP contribution in [0.4, 0.5) is 0 Å². The minimum Gasteiger partial charge on any atom is -0.374 e. The first-order chi connectivity index (χ1) is 6.69. The minimum atomic E-state index is 0.112. The maximum Gasteiger partial charge on any atom is 0.100 e. The molecular weight excluding hydrogens is 200 g/mol. The van der Waals surface area contributed by atoms with E-state index < -0.39 is 0 Å². The van der Waals surface area contributed by atoms with Gasteiger partial charge in [0.05, 0.1) is 17.6 Å². The van der Waals surface area contributed by atoms with Crippen LogP contribution < -0.4 is 0 Å². The normalized spacial score (nSPS) is 33.9. The van der Waals surface area contributed by atoms with Gasteiger partial charge >= 0.3 is 0 Å². The zero-order valence-electron chi connectivity index (χ0n) is 9.33. The highest BCUT2D eigenvalue weighted by Crippen LogP contribution is 2.32. The fourth-order valence-corrected chi connectivity index (χ4v) is 2.25. The van der Waals surface area contributed by atoms with E-state index in [9.17, 15) is 0 Å². The van der Waals surface area contributed by atoms with E-state index in [-0.39, 0.29) is 17.6 Å². The zero-order chi connectivity index (χ0) is 10.6. The van der Waals surface area contributed by atoms with Crippen molar-refractivity contribution in [3.8, 4) is 0 Å². The van der Waals surface area contributed by atoms with Crippen LogP contribution in [0.15, 0.2) is 0 Å². The second-order valence-electron chi connectivity index (χ2n) is 3.95. The first-order valence-electron chi connectivity index (χ1n) is 5.60. The molecule has 0 saturated heterocycles. The Kier molecular flexibility index (Phi) is 5.21. The Hall–Kier alpha value is 0.210. The van der Waals surface area contributed by atoms with Crippen molar-refractivity contribution >= 4 is 11.6 Å². The topological polar surface area (TPSA) is 18.5 Å². The smallest absolute Gasteiger partial charge is 0.100 e. The Bertz CT molecular complexity index is 163. The Balaban J connectivity index is 2.24. The lowest BCUT2D eigenvalue weighted by molar-refractivity contribution is -0.143. The van der Waals surface area contributed by atoms with Gasteiger partial charge in [-0.1, -0.05) is 13.3 Å². The average Bonchev–Trinajstić information content (AvgIpc) is 2.14. The second-order valence-corrected chi connectivity index (χ2v) is 4.51. The first-order valence-corrected chi connectivity index (χ1v) is 6.03. The summed E-state index contributed by atoms with van der Waals surface area (Å²) in [5.41, 5.74) is 0. The van der Waals surface area contributed by atoms with Crippen molar-refractivity contribution < 1.29 is 9.47 Å². The Morgan fingerprint density at radius 3 is 2.64 bits per heavy atom. The minimum absolute atomic E-state index is 0.112. The summed E-state index contributed by atoms with van der Waals surface area (Å²) in [6.07, 6.45) is 3.87. The predicted octanol–water partition coefficient (Wildman–Crippen LogP) is 2.98. The molecule has 4 unspecified atom stereocenters. The number of hydrogen-bond donors (Lipinski definition) is 0. The molecule has 0 aromatic carbocycles. The first kappa shape index (κ1) is 12.3. The summed E-state index contributed by atoms with van der Waals surface area (Å²) in [5.74, 6) is 0. The highest BCUT2D eigenvalue weighted by atomic mass is 35.5. The molecule has 1 aliphatic carbocycles. The standard InChI is InChI=1S/C11H21ClO2/c1-4-6-8(3)14-10-7-9(12)11(10)13-5-2/h8-11H,4-7H2,1-3H3. The number of alkyl halides is 1. The van der Waals surface area contributed by atoms with Gasteiger partial charge in [0, 0.05) is 6.61 Å². The van der Waals surface area contributed by atoms with Crippen molar-refractivity contribution in [3.05, 3.63) is 0 Å². The monoisotopic (exact) mass is 220 g/mol. The van der Waals surface area contributed by atoms with E-state index >= 15 is 0 Å². The Morgan fingerprint density at radius 1 is 1.43 bits per heavy atom. The molecule has 4 atom stereocenters. The summed E-state index contributed by atoms with van der Waals surface area (Å²) >= 11 is 6.04. The molecule has 14 heavy (non-hydrogen) atoms. The molecule has 0 aromatic rings. The summed E-state index contributed by atoms with van der Waals surface area (Å²) in [7, 11) is 0. The Labute approximate surface area is 91.9 Å². The molecule has 0 amide bonds. The van der Waals surface area contributed by atoms with E-state index in [2.05, 4.69) is 13.8 Å². The third-order valence-corrected chi connectivity index (χ3v) is 3.07. The second kappa shape index (κ2) is 5.94. The summed E-state index contributed by atoms with van der Waals surface area (Å²) in [6.45, 7) is 7.00. The largest absolute Gasteiger partial charge is 0.374 e. The van der Waals surface area contributed by atoms with Crippen molar-refractivity contribution in [2.75, 3.05) is 6.61 Å². The quantitative estimate of drug-likeness (QED) is 0.641. The molecule has 0 aromatic heterocycles. The van der Waals surface area contributed by atoms with Crippen molar-refractivity contribution in [3.63, 3.8) is 0 Å². The molecule has 0 heterocycles. The van der Waals surface area contributed by atoms with Crippen LogP contribution >= 0.6 is 11.6 Å². The number of ether oxygens (including phenoxy) is 2. The Morgan fingerprint density at radius 2 is 2.14 bits per heavy atom. The number of rotatable bonds is 6. The molecule has 0 radical (unpaired) electrons. The zero-order valence-corrected chi connectivity index (χ0v) is 10.1. The third kappa shape index (κ3) is 3.11. The predicted molar refractivity (Wildman–Crippen MR) is 58.9 cm³/mol. The van der Waals surface area contributed by atoms with Crippen LogP contribution in [-0.2, 0) is 9.47 Å². The molecule has 1 fully saturated rings. The fraction of sp³-hybridized carbons (Fsp3) is 1.00. The van der Waals surface area contributed by atoms with Crippen molar-refractivity contribution in [2.45, 2.75) is 63.7 Å². The molecule has 3 heteroatoms. The van der Waals surface area contributed by atoms with Gasteiger partial charge in [0.25, 0.3) is 0 Å². The summed E-state index contributed by atoms with van der Waals surface area (Å²) in [6, 6.07) is 0. The van der Waals surface area contributed by atoms with Gasteiger partial charge in [-0.15, -0.1) is 11.6 Å². The van der Waals surface area contributed by atoms with E-state index in [0.717, 1.165) is 25.9 Å². The molecule has 1 aliphatic rings. The van der Waals surface area contributed by atoms with E-state index in [1.165, 1.54) is 0 Å². The lowest BCUT2D eigenvalue weighted by Crippen LogP contribution is -2.52. The number of halogens is 1. The van der Waals surface area contributed by atoms with Crippen LogP contribution in [0, 0.1) is 0 Å². The molecule has 0 N–H and O–H groups in total. The summed E-state index contributed by atoms with van der Waals surface area (Å²) < 4.78 is 11.4. The molecule has 0 aliphatic heterocycles. The van der Waals surface area contributed by atoms with Crippen LogP contribution in [0.2, 0.25) is 0 Å². The maximum atomic E-state index is 6.04. The lowest BCUT2D eigenvalue weighted by Gasteiger charge is -2.41. The molecule has 84 valence electrons. The highest BCUT2D eigenvalue weighted by Gasteiger charge is 2.42. The van der Waals surface area contributed by atoms with Gasteiger partial charge in [0.2, 0.25) is 0 Å². The van der Waals surface area contributed by atoms with Crippen LogP contribution in [0.5, 0.6) is 0 Å². The van der Waals surface area contributed by atoms with E-state index in [4.69, 9.17) is 21.1 Å². The molecular formula is C11H21ClO2. The van der Waals surface area contributed by atoms with Crippen LogP contribution in [0.3, 0.4) is 0 Å². The van der Waals surface area contributed by atoms with Gasteiger partial charge in [0.15, 0.2) is 0 Å². The molecule has 1 rings (SSSR count). The maximum absolute atomic E-state index is 6.04. The SMILES string of the molecule is CCCC(C)OC1CC(Cl)C1OCC. The van der Waals surface area contributed by atoms with Gasteiger partial charge in [-0.05, 0) is 26.7 Å². The lowest BCUT2D eigenvalue weighted by atomic mass is 9.90. The molecule has 1 saturated carbocycles. The van der Waals surface area contributed by atoms with Crippen LogP contribution in [-0.4, -0.2) is 30.3 Å². The van der Waals surface area contributed by atoms with Gasteiger partial charge in [-0.25, -0.2) is 0 Å². The molecule has 2 nitrogen and oxygen atoms in total. The van der Waals surface area contributed by atoms with Crippen LogP contribution in [0.25, 0.3) is 0 Å². The van der Waals surface area contributed by atoms with Crippen LogP contribution in [0.1, 0.15) is 40.0 Å². The van der Waals surface area contributed by atoms with Gasteiger partial charge in [-0.2, -0.15) is 0 Å². The highest BCUT2D eigenvalue weighted by molar-refractivity contribution is 6.21. The fourth-order valence-electron chi connectivity index (χ4n) is 1.84. The van der Waals surface area contributed by atoms with E-state index in [0.29, 0.717) is 6.10 Å². The average molecular weight is 221 g/mol. The van der Waals surface area contributed by atoms with Gasteiger partial charge in [-0.3, -0.25) is 0 Å². The van der Waals surface area contributed by atoms with Gasteiger partial charge in [0.1, 0.15) is 6.10 Å². The van der Waals surface area contributed by atoms with E-state index in [1.807, 2.05) is 6.92 Å². The summed E-state index contributed by atoms with van der Waals surface area (Å²) in [4.78, 5) is 0. The van der Waals surface area contributed by atoms with Crippen molar-refractivity contribution in [2.24, 2.45) is 0 Å². The number of hydrogen-bond acceptors (Lipinski definition) is 2. The summed E-state index contributed by atoms with van der Waals surface area (Å²) in [5, 5.41) is 0.147. The molecule has 0 bridgehead atoms. The van der Waals surface area contributed by atoms with E-state index in [1.54, 1.807) is 0 Å². The van der Waals surface area contributed by atoms with Crippen molar-refractivity contribution in [1.82, 2.24) is 0 Å². The third-order valence-electron chi connectivity index (χ3n) is 2.64. The molecule has 0 spiro atoms. The van der Waals surface area contributed by atoms with Gasteiger partial charge < -0.3 is 9.47 Å². The van der Waals surface area contributed by atoms with Crippen molar-refractivity contribution in [1.29, 1.82) is 0 Å².